The normalized spacial score (nSPS) is 10.7. The van der Waals surface area contributed by atoms with Gasteiger partial charge >= 0.3 is 0 Å². The van der Waals surface area contributed by atoms with Crippen molar-refractivity contribution in [1.29, 1.82) is 0 Å². The summed E-state index contributed by atoms with van der Waals surface area (Å²) in [6.45, 7) is 3.95. The van der Waals surface area contributed by atoms with E-state index in [0.717, 1.165) is 17.0 Å². The first-order chi connectivity index (χ1) is 14.5. The summed E-state index contributed by atoms with van der Waals surface area (Å²) in [6.07, 6.45) is 0. The Morgan fingerprint density at radius 3 is 2.27 bits per heavy atom. The minimum atomic E-state index is -0.490. The summed E-state index contributed by atoms with van der Waals surface area (Å²) < 4.78 is 1.31. The molecule has 30 heavy (non-hydrogen) atoms. The van der Waals surface area contributed by atoms with Crippen LogP contribution >= 0.6 is 0 Å². The summed E-state index contributed by atoms with van der Waals surface area (Å²) in [6, 6.07) is 18.3. The van der Waals surface area contributed by atoms with E-state index in [4.69, 9.17) is 0 Å². The molecule has 0 atom stereocenters. The Hall–Kier alpha value is -4.07. The van der Waals surface area contributed by atoms with E-state index in [-0.39, 0.29) is 23.7 Å². The number of aryl methyl sites for hydroxylation is 2. The Labute approximate surface area is 172 Å². The van der Waals surface area contributed by atoms with Gasteiger partial charge in [0.25, 0.3) is 11.5 Å². The number of rotatable bonds is 5. The Balaban J connectivity index is 1.69. The number of nitrogens with zero attached hydrogens (tertiary/aromatic N) is 4. The third kappa shape index (κ3) is 4.02. The van der Waals surface area contributed by atoms with Crippen LogP contribution in [0.15, 0.2) is 65.5 Å². The summed E-state index contributed by atoms with van der Waals surface area (Å²) in [4.78, 5) is 34.3. The van der Waals surface area contributed by atoms with Gasteiger partial charge < -0.3 is 0 Å². The lowest BCUT2D eigenvalue weighted by atomic mass is 10.1. The van der Waals surface area contributed by atoms with Crippen molar-refractivity contribution in [1.82, 2.24) is 25.2 Å². The molecule has 4 aromatic rings. The fraction of sp³-hybridized carbons (Fsp3) is 0.136. The molecule has 4 rings (SSSR count). The second-order valence-electron chi connectivity index (χ2n) is 6.90. The molecule has 150 valence electrons. The van der Waals surface area contributed by atoms with Gasteiger partial charge in [0.1, 0.15) is 0 Å². The SMILES string of the molecule is Cc1cc(C)nc(NNC(=O)c2nn(Cc3ccccc3)c(=O)c3ccccc23)n1. The zero-order chi connectivity index (χ0) is 21.1. The predicted molar refractivity (Wildman–Crippen MR) is 114 cm³/mol. The molecule has 0 saturated carbocycles. The fourth-order valence-corrected chi connectivity index (χ4v) is 3.22. The van der Waals surface area contributed by atoms with Crippen LogP contribution in [-0.2, 0) is 6.54 Å². The van der Waals surface area contributed by atoms with E-state index in [0.29, 0.717) is 10.8 Å². The molecular formula is C22H20N6O2. The van der Waals surface area contributed by atoms with E-state index in [1.54, 1.807) is 24.3 Å². The van der Waals surface area contributed by atoms with Crippen molar-refractivity contribution in [2.75, 3.05) is 5.43 Å². The largest absolute Gasteiger partial charge is 0.290 e. The van der Waals surface area contributed by atoms with E-state index in [1.807, 2.05) is 50.2 Å². The second-order valence-corrected chi connectivity index (χ2v) is 6.90. The Morgan fingerprint density at radius 2 is 1.57 bits per heavy atom. The number of hydrazine groups is 1. The molecule has 2 heterocycles. The first kappa shape index (κ1) is 19.3. The monoisotopic (exact) mass is 400 g/mol. The smallest absolute Gasteiger partial charge is 0.267 e. The number of nitrogens with one attached hydrogen (secondary N) is 2. The summed E-state index contributed by atoms with van der Waals surface area (Å²) in [5, 5.41) is 5.26. The van der Waals surface area contributed by atoms with Crippen LogP contribution in [0.1, 0.15) is 27.4 Å². The molecular weight excluding hydrogens is 380 g/mol. The average molecular weight is 400 g/mol. The molecule has 0 saturated heterocycles. The third-order valence-electron chi connectivity index (χ3n) is 4.53. The number of amides is 1. The van der Waals surface area contributed by atoms with Gasteiger partial charge in [-0.2, -0.15) is 5.10 Å². The van der Waals surface area contributed by atoms with Crippen molar-refractivity contribution >= 4 is 22.6 Å². The second kappa shape index (κ2) is 8.12. The van der Waals surface area contributed by atoms with Crippen LogP contribution in [0.25, 0.3) is 10.8 Å². The highest BCUT2D eigenvalue weighted by Gasteiger charge is 2.17. The molecule has 1 amide bonds. The van der Waals surface area contributed by atoms with Crippen molar-refractivity contribution < 1.29 is 4.79 Å². The van der Waals surface area contributed by atoms with Gasteiger partial charge in [-0.3, -0.25) is 20.4 Å². The molecule has 0 aliphatic rings. The van der Waals surface area contributed by atoms with E-state index < -0.39 is 5.91 Å². The highest BCUT2D eigenvalue weighted by Crippen LogP contribution is 2.14. The predicted octanol–water partition coefficient (Wildman–Crippen LogP) is 2.61. The van der Waals surface area contributed by atoms with E-state index in [2.05, 4.69) is 25.9 Å². The molecule has 0 radical (unpaired) electrons. The molecule has 2 N–H and O–H groups in total. The highest BCUT2D eigenvalue weighted by atomic mass is 16.2. The lowest BCUT2D eigenvalue weighted by Crippen LogP contribution is -2.34. The maximum atomic E-state index is 12.9. The van der Waals surface area contributed by atoms with Gasteiger partial charge in [0.05, 0.1) is 11.9 Å². The van der Waals surface area contributed by atoms with E-state index >= 15 is 0 Å². The minimum absolute atomic E-state index is 0.137. The van der Waals surface area contributed by atoms with Crippen LogP contribution in [0.4, 0.5) is 5.95 Å². The maximum absolute atomic E-state index is 12.9. The Kier molecular flexibility index (Phi) is 5.21. The molecule has 2 aromatic carbocycles. The van der Waals surface area contributed by atoms with Gasteiger partial charge in [0.15, 0.2) is 5.69 Å². The molecule has 0 fully saturated rings. The number of hydrogen-bond acceptors (Lipinski definition) is 6. The molecule has 8 nitrogen and oxygen atoms in total. The number of fused-ring (bicyclic) bond motifs is 1. The molecule has 0 unspecified atom stereocenters. The van der Waals surface area contributed by atoms with Crippen LogP contribution < -0.4 is 16.4 Å². The van der Waals surface area contributed by atoms with Crippen LogP contribution in [0.2, 0.25) is 0 Å². The molecule has 0 spiro atoms. The fourth-order valence-electron chi connectivity index (χ4n) is 3.22. The van der Waals surface area contributed by atoms with Gasteiger partial charge in [0, 0.05) is 16.8 Å². The van der Waals surface area contributed by atoms with Gasteiger partial charge in [-0.05, 0) is 31.5 Å². The number of hydrogen-bond donors (Lipinski definition) is 2. The van der Waals surface area contributed by atoms with Crippen molar-refractivity contribution in [3.63, 3.8) is 0 Å². The van der Waals surface area contributed by atoms with Gasteiger partial charge in [-0.25, -0.2) is 14.6 Å². The Bertz CT molecular complexity index is 1260. The van der Waals surface area contributed by atoms with Crippen LogP contribution in [0.3, 0.4) is 0 Å². The molecule has 0 aliphatic heterocycles. The average Bonchev–Trinajstić information content (AvgIpc) is 2.74. The Morgan fingerprint density at radius 1 is 0.933 bits per heavy atom. The van der Waals surface area contributed by atoms with Crippen molar-refractivity contribution in [3.05, 3.63) is 93.7 Å². The molecule has 0 aliphatic carbocycles. The quantitative estimate of drug-likeness (QED) is 0.500. The van der Waals surface area contributed by atoms with Gasteiger partial charge in [-0.15, -0.1) is 0 Å². The molecule has 8 heteroatoms. The summed E-state index contributed by atoms with van der Waals surface area (Å²) >= 11 is 0. The van der Waals surface area contributed by atoms with Crippen molar-refractivity contribution in [2.24, 2.45) is 0 Å². The highest BCUT2D eigenvalue weighted by molar-refractivity contribution is 6.05. The molecule has 2 aromatic heterocycles. The van der Waals surface area contributed by atoms with Gasteiger partial charge in [-0.1, -0.05) is 48.5 Å². The zero-order valence-corrected chi connectivity index (χ0v) is 16.6. The van der Waals surface area contributed by atoms with Crippen LogP contribution in [0, 0.1) is 13.8 Å². The first-order valence-electron chi connectivity index (χ1n) is 9.44. The van der Waals surface area contributed by atoms with Crippen molar-refractivity contribution in [3.8, 4) is 0 Å². The first-order valence-corrected chi connectivity index (χ1v) is 9.44. The van der Waals surface area contributed by atoms with Gasteiger partial charge in [0.2, 0.25) is 5.95 Å². The summed E-state index contributed by atoms with van der Waals surface area (Å²) in [5.41, 5.74) is 7.65. The lowest BCUT2D eigenvalue weighted by molar-refractivity contribution is 0.0957. The maximum Gasteiger partial charge on any atom is 0.290 e. The standard InChI is InChI=1S/C22H20N6O2/c1-14-12-15(2)24-22(23-14)26-25-20(29)19-17-10-6-7-11-18(17)21(30)28(27-19)13-16-8-4-3-5-9-16/h3-12H,13H2,1-2H3,(H,25,29)(H,23,24,26). The third-order valence-corrected chi connectivity index (χ3v) is 4.53. The topological polar surface area (TPSA) is 102 Å². The van der Waals surface area contributed by atoms with Crippen molar-refractivity contribution in [2.45, 2.75) is 20.4 Å². The lowest BCUT2D eigenvalue weighted by Gasteiger charge is -2.12. The summed E-state index contributed by atoms with van der Waals surface area (Å²) in [7, 11) is 0. The number of benzene rings is 2. The summed E-state index contributed by atoms with van der Waals surface area (Å²) in [5.74, 6) is -0.210. The van der Waals surface area contributed by atoms with Crippen LogP contribution in [-0.4, -0.2) is 25.7 Å². The van der Waals surface area contributed by atoms with Crippen LogP contribution in [0.5, 0.6) is 0 Å². The molecule has 0 bridgehead atoms. The van der Waals surface area contributed by atoms with E-state index in [1.165, 1.54) is 4.68 Å². The zero-order valence-electron chi connectivity index (χ0n) is 16.6. The number of aromatic nitrogens is 4. The minimum Gasteiger partial charge on any atom is -0.267 e. The number of carbonyl (C=O) groups excluding carboxylic acids is 1. The van der Waals surface area contributed by atoms with E-state index in [9.17, 15) is 9.59 Å². The number of carbonyl (C=O) groups is 1. The number of anilines is 1.